The SMILES string of the molecule is CC1=C(C)C(c2ccc(C)cc2)=[C]([Zr+2])C1.CC1=C(C)CC(c2ccccc2)=C1.[Cl-].[Cl-]. The number of hydrogen-bond acceptors (Lipinski definition) is 0. The van der Waals surface area contributed by atoms with Crippen LogP contribution < -0.4 is 24.8 Å². The molecule has 0 aromatic heterocycles. The Bertz CT molecular complexity index is 991. The summed E-state index contributed by atoms with van der Waals surface area (Å²) in [5.41, 5.74) is 13.0. The minimum absolute atomic E-state index is 0. The van der Waals surface area contributed by atoms with Gasteiger partial charge in [-0.05, 0) is 31.4 Å². The van der Waals surface area contributed by atoms with Crippen molar-refractivity contribution in [2.24, 2.45) is 0 Å². The van der Waals surface area contributed by atoms with Crippen molar-refractivity contribution in [2.75, 3.05) is 0 Å². The van der Waals surface area contributed by atoms with Crippen LogP contribution in [-0.4, -0.2) is 0 Å². The first-order valence-electron chi connectivity index (χ1n) is 9.97. The van der Waals surface area contributed by atoms with Gasteiger partial charge < -0.3 is 24.8 Å². The van der Waals surface area contributed by atoms with Gasteiger partial charge in [0.05, 0.1) is 0 Å². The third-order valence-electron chi connectivity index (χ3n) is 5.76. The molecule has 0 radical (unpaired) electrons. The van der Waals surface area contributed by atoms with Gasteiger partial charge in [0.1, 0.15) is 0 Å². The Morgan fingerprint density at radius 3 is 1.73 bits per heavy atom. The standard InChI is InChI=1S/C14H15.C13H14.2ClH.Zr/c1-10-4-7-13(8-5-10)14-9-6-11(2)12(14)3;1-10-8-13(9-11(10)2)12-6-4-3-5-7-12;;;/h4-5,7-8H,6H2,1-3H3;3-8H,9H2,1-2H3;2*1H;/q;;;;+2/p-2. The molecule has 0 spiro atoms. The zero-order valence-corrected chi connectivity index (χ0v) is 22.4. The van der Waals surface area contributed by atoms with Crippen molar-refractivity contribution in [1.82, 2.24) is 0 Å². The Morgan fingerprint density at radius 2 is 1.27 bits per heavy atom. The first-order valence-corrected chi connectivity index (χ1v) is 11.2. The van der Waals surface area contributed by atoms with Crippen molar-refractivity contribution in [3.63, 3.8) is 0 Å². The molecule has 0 bridgehead atoms. The fraction of sp³-hybridized carbons (Fsp3) is 0.259. The van der Waals surface area contributed by atoms with Crippen LogP contribution in [-0.2, 0) is 24.7 Å². The molecule has 2 aromatic carbocycles. The third kappa shape index (κ3) is 6.43. The summed E-state index contributed by atoms with van der Waals surface area (Å²) in [6.07, 6.45) is 4.61. The van der Waals surface area contributed by atoms with Crippen molar-refractivity contribution >= 4 is 11.1 Å². The maximum atomic E-state index is 2.30. The summed E-state index contributed by atoms with van der Waals surface area (Å²) in [4.78, 5) is 0. The van der Waals surface area contributed by atoms with Crippen LogP contribution in [0, 0.1) is 6.92 Å². The van der Waals surface area contributed by atoms with Crippen LogP contribution in [0.1, 0.15) is 57.2 Å². The van der Waals surface area contributed by atoms with E-state index >= 15 is 0 Å². The van der Waals surface area contributed by atoms with Gasteiger partial charge >= 0.3 is 107 Å². The maximum absolute atomic E-state index is 2.30. The van der Waals surface area contributed by atoms with Crippen molar-refractivity contribution in [3.05, 3.63) is 103 Å². The minimum atomic E-state index is 0. The molecule has 155 valence electrons. The number of aryl methyl sites for hydroxylation is 1. The maximum Gasteiger partial charge on any atom is -0.00581 e. The van der Waals surface area contributed by atoms with Gasteiger partial charge in [-0.1, -0.05) is 47.6 Å². The Morgan fingerprint density at radius 1 is 0.667 bits per heavy atom. The van der Waals surface area contributed by atoms with Gasteiger partial charge in [0, 0.05) is 0 Å². The van der Waals surface area contributed by atoms with Crippen molar-refractivity contribution < 1.29 is 49.5 Å². The molecule has 0 unspecified atom stereocenters. The molecule has 0 nitrogen and oxygen atoms in total. The Hall–Kier alpha value is -1.14. The molecule has 30 heavy (non-hydrogen) atoms. The van der Waals surface area contributed by atoms with E-state index in [2.05, 4.69) is 95.3 Å². The van der Waals surface area contributed by atoms with Gasteiger partial charge in [0.2, 0.25) is 0 Å². The predicted molar refractivity (Wildman–Crippen MR) is 119 cm³/mol. The average molecular weight is 516 g/mol. The average Bonchev–Trinajstić information content (AvgIpc) is 3.15. The van der Waals surface area contributed by atoms with E-state index < -0.39 is 0 Å². The van der Waals surface area contributed by atoms with Gasteiger partial charge in [-0.3, -0.25) is 0 Å². The zero-order valence-electron chi connectivity index (χ0n) is 18.4. The molecule has 0 saturated carbocycles. The van der Waals surface area contributed by atoms with Crippen LogP contribution in [0.2, 0.25) is 0 Å². The molecule has 0 atom stereocenters. The summed E-state index contributed by atoms with van der Waals surface area (Å²) in [6.45, 7) is 11.0. The molecule has 0 fully saturated rings. The quantitative estimate of drug-likeness (QED) is 0.573. The summed E-state index contributed by atoms with van der Waals surface area (Å²) < 4.78 is 1.60. The molecule has 0 N–H and O–H groups in total. The number of halogens is 2. The van der Waals surface area contributed by atoms with E-state index in [0.717, 1.165) is 6.42 Å². The van der Waals surface area contributed by atoms with Crippen LogP contribution in [0.3, 0.4) is 0 Å². The third-order valence-corrected chi connectivity index (χ3v) is 6.81. The molecule has 0 amide bonds. The van der Waals surface area contributed by atoms with Crippen molar-refractivity contribution in [1.29, 1.82) is 0 Å². The molecule has 4 rings (SSSR count). The number of benzene rings is 2. The summed E-state index contributed by atoms with van der Waals surface area (Å²) in [5.74, 6) is 0. The largest absolute Gasteiger partial charge is 1.00 e. The van der Waals surface area contributed by atoms with E-state index in [4.69, 9.17) is 0 Å². The van der Waals surface area contributed by atoms with E-state index in [1.54, 1.807) is 28.0 Å². The molecule has 2 aliphatic rings. The first-order chi connectivity index (χ1) is 13.4. The van der Waals surface area contributed by atoms with Gasteiger partial charge in [-0.25, -0.2) is 0 Å². The topological polar surface area (TPSA) is 0 Å². The zero-order chi connectivity index (χ0) is 20.3. The van der Waals surface area contributed by atoms with E-state index in [-0.39, 0.29) is 24.8 Å². The summed E-state index contributed by atoms with van der Waals surface area (Å²) >= 11 is 1.56. The van der Waals surface area contributed by atoms with E-state index in [9.17, 15) is 0 Å². The summed E-state index contributed by atoms with van der Waals surface area (Å²) in [7, 11) is 0. The molecule has 2 aliphatic carbocycles. The van der Waals surface area contributed by atoms with Gasteiger partial charge in [-0.15, -0.1) is 0 Å². The fourth-order valence-corrected chi connectivity index (χ4v) is 5.20. The molecular weight excluding hydrogens is 486 g/mol. The number of allylic oxidation sites excluding steroid dienone is 8. The smallest absolute Gasteiger partial charge is 0.00581 e. The van der Waals surface area contributed by atoms with E-state index in [1.807, 2.05) is 0 Å². The molecule has 0 heterocycles. The second-order valence-corrected chi connectivity index (χ2v) is 9.46. The Balaban J connectivity index is 0.000000284. The van der Waals surface area contributed by atoms with Crippen LogP contribution in [0.4, 0.5) is 0 Å². The van der Waals surface area contributed by atoms with Gasteiger partial charge in [0.15, 0.2) is 0 Å². The van der Waals surface area contributed by atoms with Crippen molar-refractivity contribution in [2.45, 2.75) is 47.5 Å². The van der Waals surface area contributed by atoms with Gasteiger partial charge in [0.25, 0.3) is 0 Å². The number of hydrogen-bond donors (Lipinski definition) is 0. The second kappa shape index (κ2) is 12.0. The molecule has 0 saturated heterocycles. The molecule has 2 aromatic rings. The normalized spacial score (nSPS) is 15.4. The van der Waals surface area contributed by atoms with Crippen LogP contribution in [0.15, 0.2) is 86.2 Å². The Kier molecular flexibility index (Phi) is 10.8. The monoisotopic (exact) mass is 513 g/mol. The molecule has 0 aliphatic heterocycles. The van der Waals surface area contributed by atoms with Crippen LogP contribution in [0.5, 0.6) is 0 Å². The van der Waals surface area contributed by atoms with Crippen LogP contribution in [0.25, 0.3) is 11.1 Å². The number of rotatable bonds is 2. The van der Waals surface area contributed by atoms with E-state index in [0.29, 0.717) is 0 Å². The van der Waals surface area contributed by atoms with Gasteiger partial charge in [-0.2, -0.15) is 0 Å². The summed E-state index contributed by atoms with van der Waals surface area (Å²) in [6, 6.07) is 19.5. The van der Waals surface area contributed by atoms with Crippen molar-refractivity contribution in [3.8, 4) is 0 Å². The minimum Gasteiger partial charge on any atom is -1.00 e. The van der Waals surface area contributed by atoms with Crippen LogP contribution >= 0.6 is 0 Å². The fourth-order valence-electron chi connectivity index (χ4n) is 3.74. The second-order valence-electron chi connectivity index (χ2n) is 7.98. The summed E-state index contributed by atoms with van der Waals surface area (Å²) in [5, 5.41) is 0. The Labute approximate surface area is 209 Å². The molecule has 3 heteroatoms. The predicted octanol–water partition coefficient (Wildman–Crippen LogP) is 1.81. The first kappa shape index (κ1) is 26.9. The molecular formula is C27H29Cl2Zr. The van der Waals surface area contributed by atoms with E-state index in [1.165, 1.54) is 56.5 Å².